The molecule has 2 N–H and O–H groups in total. The number of carbonyl (C=O) groups excluding carboxylic acids is 1. The lowest BCUT2D eigenvalue weighted by atomic mass is 10.1. The molecule has 0 aromatic heterocycles. The molecule has 0 fully saturated rings. The average molecular weight is 509 g/mol. The first-order valence-corrected chi connectivity index (χ1v) is 14.5. The highest BCUT2D eigenvalue weighted by Gasteiger charge is 2.25. The number of aliphatic hydroxyl groups excluding tert-OH is 1. The van der Waals surface area contributed by atoms with E-state index in [0.29, 0.717) is 17.4 Å². The normalized spacial score (nSPS) is 14.9. The summed E-state index contributed by atoms with van der Waals surface area (Å²) < 4.78 is 27.4. The van der Waals surface area contributed by atoms with Crippen LogP contribution in [0.25, 0.3) is 0 Å². The van der Waals surface area contributed by atoms with Crippen molar-refractivity contribution in [1.82, 2.24) is 0 Å². The van der Waals surface area contributed by atoms with Crippen molar-refractivity contribution in [2.75, 3.05) is 47.5 Å². The smallest absolute Gasteiger partial charge is 0.457 e. The molecule has 2 atom stereocenters. The molecular formula is C25H51NO7P+. The number of hydrogen-bond donors (Lipinski definition) is 2. The molecule has 0 radical (unpaired) electrons. The largest absolute Gasteiger partial charge is 0.472 e. The maximum atomic E-state index is 12.0. The molecule has 0 saturated carbocycles. The Morgan fingerprint density at radius 1 is 0.912 bits per heavy atom. The van der Waals surface area contributed by atoms with Crippen molar-refractivity contribution in [3.05, 3.63) is 12.2 Å². The number of phosphoric ester groups is 1. The highest BCUT2D eigenvalue weighted by Crippen LogP contribution is 2.43. The van der Waals surface area contributed by atoms with Gasteiger partial charge in [0.2, 0.25) is 0 Å². The first-order valence-electron chi connectivity index (χ1n) is 13.0. The summed E-state index contributed by atoms with van der Waals surface area (Å²) in [6.07, 6.45) is 18.0. The summed E-state index contributed by atoms with van der Waals surface area (Å²) >= 11 is 0. The summed E-state index contributed by atoms with van der Waals surface area (Å²) in [7, 11) is 1.53. The fourth-order valence-corrected chi connectivity index (χ4v) is 3.94. The van der Waals surface area contributed by atoms with Crippen molar-refractivity contribution in [3.63, 3.8) is 0 Å². The molecule has 0 aromatic carbocycles. The van der Waals surface area contributed by atoms with Crippen LogP contribution in [0, 0.1) is 0 Å². The molecule has 0 spiro atoms. The molecule has 0 rings (SSSR count). The summed E-state index contributed by atoms with van der Waals surface area (Å²) in [5.74, 6) is -0.482. The topological polar surface area (TPSA) is 102 Å². The third-order valence-electron chi connectivity index (χ3n) is 5.35. The third-order valence-corrected chi connectivity index (χ3v) is 6.33. The van der Waals surface area contributed by atoms with Crippen LogP contribution in [-0.4, -0.2) is 74.1 Å². The van der Waals surface area contributed by atoms with Gasteiger partial charge in [-0.15, -0.1) is 0 Å². The Hall–Kier alpha value is -0.760. The fraction of sp³-hybridized carbons (Fsp3) is 0.880. The summed E-state index contributed by atoms with van der Waals surface area (Å²) in [5.41, 5.74) is 0. The van der Waals surface area contributed by atoms with Crippen LogP contribution in [0.5, 0.6) is 0 Å². The predicted molar refractivity (Wildman–Crippen MR) is 136 cm³/mol. The van der Waals surface area contributed by atoms with Crippen LogP contribution >= 0.6 is 7.82 Å². The summed E-state index contributed by atoms with van der Waals surface area (Å²) in [4.78, 5) is 21.7. The number of aliphatic hydroxyl groups is 1. The quantitative estimate of drug-likeness (QED) is 0.0628. The second kappa shape index (κ2) is 20.4. The Morgan fingerprint density at radius 3 is 2.03 bits per heavy atom. The van der Waals surface area contributed by atoms with Crippen LogP contribution in [0.1, 0.15) is 90.4 Å². The minimum atomic E-state index is -4.27. The lowest BCUT2D eigenvalue weighted by Crippen LogP contribution is -2.37. The number of quaternary nitrogens is 1. The predicted octanol–water partition coefficient (Wildman–Crippen LogP) is 5.38. The minimum absolute atomic E-state index is 0.0479. The van der Waals surface area contributed by atoms with Gasteiger partial charge in [0.05, 0.1) is 34.4 Å². The molecule has 0 bridgehead atoms. The molecule has 0 aliphatic carbocycles. The van der Waals surface area contributed by atoms with Gasteiger partial charge in [-0.05, 0) is 19.3 Å². The molecule has 202 valence electrons. The minimum Gasteiger partial charge on any atom is -0.457 e. The van der Waals surface area contributed by atoms with Gasteiger partial charge in [0.25, 0.3) is 0 Å². The van der Waals surface area contributed by atoms with E-state index in [4.69, 9.17) is 13.8 Å². The zero-order chi connectivity index (χ0) is 25.7. The summed E-state index contributed by atoms with van der Waals surface area (Å²) in [6, 6.07) is 0. The molecule has 0 saturated heterocycles. The zero-order valence-electron chi connectivity index (χ0n) is 22.1. The molecular weight excluding hydrogens is 457 g/mol. The van der Waals surface area contributed by atoms with Gasteiger partial charge in [0, 0.05) is 6.42 Å². The molecule has 34 heavy (non-hydrogen) atoms. The van der Waals surface area contributed by atoms with Gasteiger partial charge in [-0.2, -0.15) is 0 Å². The first kappa shape index (κ1) is 33.2. The number of ether oxygens (including phenoxy) is 1. The van der Waals surface area contributed by atoms with Gasteiger partial charge in [0.1, 0.15) is 19.3 Å². The Kier molecular flexibility index (Phi) is 20.0. The lowest BCUT2D eigenvalue weighted by Gasteiger charge is -2.24. The standard InChI is InChI=1S/C25H50NO7P/c1-5-6-7-8-9-10-11-12-13-14-15-16-17-18-19-25(28)33-24(22-27)23-32-34(29,30)31-21-20-26(2,3)4/h16-17,24,27H,5-15,18-23H2,1-4H3/p+1/b17-16-. The molecule has 9 heteroatoms. The number of carbonyl (C=O) groups is 1. The summed E-state index contributed by atoms with van der Waals surface area (Å²) in [5, 5.41) is 9.36. The molecule has 0 heterocycles. The first-order chi connectivity index (χ1) is 16.1. The Morgan fingerprint density at radius 2 is 1.47 bits per heavy atom. The van der Waals surface area contributed by atoms with Gasteiger partial charge in [-0.25, -0.2) is 4.57 Å². The number of hydrogen-bond acceptors (Lipinski definition) is 6. The van der Waals surface area contributed by atoms with Crippen LogP contribution in [0.2, 0.25) is 0 Å². The van der Waals surface area contributed by atoms with Crippen LogP contribution < -0.4 is 0 Å². The van der Waals surface area contributed by atoms with Gasteiger partial charge in [-0.1, -0.05) is 76.9 Å². The highest BCUT2D eigenvalue weighted by atomic mass is 31.2. The lowest BCUT2D eigenvalue weighted by molar-refractivity contribution is -0.870. The second-order valence-corrected chi connectivity index (χ2v) is 11.3. The number of esters is 1. The monoisotopic (exact) mass is 508 g/mol. The molecule has 0 aliphatic rings. The number of allylic oxidation sites excluding steroid dienone is 2. The molecule has 2 unspecified atom stereocenters. The van der Waals surface area contributed by atoms with E-state index in [-0.39, 0.29) is 13.0 Å². The van der Waals surface area contributed by atoms with E-state index in [9.17, 15) is 19.4 Å². The highest BCUT2D eigenvalue weighted by molar-refractivity contribution is 7.47. The van der Waals surface area contributed by atoms with Crippen molar-refractivity contribution in [1.29, 1.82) is 0 Å². The SMILES string of the molecule is CCCCCCCCCCCC/C=C\CCC(=O)OC(CO)COP(=O)(O)OCC[N+](C)(C)C. The third kappa shape index (κ3) is 23.0. The number of rotatable bonds is 23. The van der Waals surface area contributed by atoms with Gasteiger partial charge < -0.3 is 19.2 Å². The van der Waals surface area contributed by atoms with Crippen molar-refractivity contribution in [2.24, 2.45) is 0 Å². The number of nitrogens with zero attached hydrogens (tertiary/aromatic N) is 1. The van der Waals surface area contributed by atoms with Gasteiger partial charge >= 0.3 is 13.8 Å². The number of phosphoric acid groups is 1. The van der Waals surface area contributed by atoms with E-state index in [1.165, 1.54) is 64.2 Å². The van der Waals surface area contributed by atoms with Gasteiger partial charge in [-0.3, -0.25) is 13.8 Å². The zero-order valence-corrected chi connectivity index (χ0v) is 23.0. The van der Waals surface area contributed by atoms with Crippen molar-refractivity contribution < 1.29 is 37.6 Å². The van der Waals surface area contributed by atoms with E-state index in [1.807, 2.05) is 27.2 Å². The summed E-state index contributed by atoms with van der Waals surface area (Å²) in [6.45, 7) is 1.91. The van der Waals surface area contributed by atoms with Crippen LogP contribution in [0.3, 0.4) is 0 Å². The Labute approximate surface area is 207 Å². The van der Waals surface area contributed by atoms with Crippen LogP contribution in [0.4, 0.5) is 0 Å². The van der Waals surface area contributed by atoms with E-state index in [0.717, 1.165) is 6.42 Å². The van der Waals surface area contributed by atoms with E-state index >= 15 is 0 Å². The fourth-order valence-electron chi connectivity index (χ4n) is 3.20. The molecule has 0 amide bonds. The van der Waals surface area contributed by atoms with Gasteiger partial charge in [0.15, 0.2) is 0 Å². The van der Waals surface area contributed by atoms with Crippen molar-refractivity contribution in [3.8, 4) is 0 Å². The maximum absolute atomic E-state index is 12.0. The second-order valence-electron chi connectivity index (χ2n) is 9.89. The number of unbranched alkanes of at least 4 members (excludes halogenated alkanes) is 10. The van der Waals surface area contributed by atoms with Crippen LogP contribution in [0.15, 0.2) is 12.2 Å². The maximum Gasteiger partial charge on any atom is 0.472 e. The van der Waals surface area contributed by atoms with Crippen LogP contribution in [-0.2, 0) is 23.1 Å². The Balaban J connectivity index is 3.81. The van der Waals surface area contributed by atoms with E-state index in [1.54, 1.807) is 0 Å². The Bertz CT molecular complexity index is 578. The molecule has 0 aromatic rings. The number of likely N-dealkylation sites (N-methyl/N-ethyl adjacent to an activating group) is 1. The average Bonchev–Trinajstić information content (AvgIpc) is 2.75. The molecule has 0 aliphatic heterocycles. The van der Waals surface area contributed by atoms with Crippen molar-refractivity contribution in [2.45, 2.75) is 96.5 Å². The van der Waals surface area contributed by atoms with E-state index < -0.39 is 33.1 Å². The molecule has 8 nitrogen and oxygen atoms in total. The van der Waals surface area contributed by atoms with Crippen molar-refractivity contribution >= 4 is 13.8 Å². The van der Waals surface area contributed by atoms with E-state index in [2.05, 4.69) is 13.0 Å².